The second-order valence-electron chi connectivity index (χ2n) is 5.48. The number of amides is 1. The van der Waals surface area contributed by atoms with Gasteiger partial charge >= 0.3 is 5.97 Å². The lowest BCUT2D eigenvalue weighted by molar-refractivity contribution is -0.121. The van der Waals surface area contributed by atoms with E-state index >= 15 is 0 Å². The van der Waals surface area contributed by atoms with Gasteiger partial charge in [0.25, 0.3) is 5.91 Å². The van der Waals surface area contributed by atoms with Gasteiger partial charge in [-0.3, -0.25) is 4.79 Å². The predicted octanol–water partition coefficient (Wildman–Crippen LogP) is 4.39. The van der Waals surface area contributed by atoms with Crippen molar-refractivity contribution >= 4 is 39.0 Å². The molecule has 0 bridgehead atoms. The van der Waals surface area contributed by atoms with Gasteiger partial charge in [0.2, 0.25) is 0 Å². The van der Waals surface area contributed by atoms with Gasteiger partial charge in [0.15, 0.2) is 6.61 Å². The molecule has 1 aromatic heterocycles. The quantitative estimate of drug-likeness (QED) is 0.622. The summed E-state index contributed by atoms with van der Waals surface area (Å²) < 4.78 is 32.1. The van der Waals surface area contributed by atoms with E-state index in [-0.39, 0.29) is 5.82 Å². The molecule has 4 nitrogen and oxygen atoms in total. The molecular formula is C19H15F2NO3S. The first-order valence-electron chi connectivity index (χ1n) is 7.90. The summed E-state index contributed by atoms with van der Waals surface area (Å²) >= 11 is 1.17. The number of thiophene rings is 1. The molecule has 0 aliphatic rings. The number of hydrogen-bond acceptors (Lipinski definition) is 4. The van der Waals surface area contributed by atoms with Crippen LogP contribution in [-0.4, -0.2) is 25.0 Å². The summed E-state index contributed by atoms with van der Waals surface area (Å²) in [7, 11) is 0. The smallest absolute Gasteiger partial charge is 0.348 e. The molecule has 1 heterocycles. The minimum atomic E-state index is -0.643. The highest BCUT2D eigenvalue weighted by Gasteiger charge is 2.18. The maximum absolute atomic E-state index is 13.2. The highest BCUT2D eigenvalue weighted by atomic mass is 32.1. The van der Waals surface area contributed by atoms with Crippen molar-refractivity contribution in [2.75, 3.05) is 18.1 Å². The third kappa shape index (κ3) is 3.88. The fraction of sp³-hybridized carbons (Fsp3) is 0.158. The van der Waals surface area contributed by atoms with Crippen molar-refractivity contribution in [1.82, 2.24) is 0 Å². The van der Waals surface area contributed by atoms with Crippen LogP contribution in [0.4, 0.5) is 14.5 Å². The number of fused-ring (bicyclic) bond motifs is 1. The highest BCUT2D eigenvalue weighted by Crippen LogP contribution is 2.27. The van der Waals surface area contributed by atoms with E-state index in [0.717, 1.165) is 4.70 Å². The van der Waals surface area contributed by atoms with E-state index in [4.69, 9.17) is 4.74 Å². The normalized spacial score (nSPS) is 10.7. The average molecular weight is 375 g/mol. The lowest BCUT2D eigenvalue weighted by atomic mass is 10.2. The number of esters is 1. The number of benzene rings is 2. The third-order valence-corrected chi connectivity index (χ3v) is 4.86. The first-order valence-corrected chi connectivity index (χ1v) is 8.71. The van der Waals surface area contributed by atoms with Crippen LogP contribution in [0.5, 0.6) is 0 Å². The van der Waals surface area contributed by atoms with E-state index in [2.05, 4.69) is 0 Å². The fourth-order valence-corrected chi connectivity index (χ4v) is 3.45. The Balaban J connectivity index is 1.67. The maximum Gasteiger partial charge on any atom is 0.348 e. The monoisotopic (exact) mass is 375 g/mol. The summed E-state index contributed by atoms with van der Waals surface area (Å²) in [6.07, 6.45) is 0. The maximum atomic E-state index is 13.2. The molecule has 1 amide bonds. The molecule has 0 unspecified atom stereocenters. The molecule has 0 N–H and O–H groups in total. The minimum Gasteiger partial charge on any atom is -0.451 e. The number of ether oxygens (including phenoxy) is 1. The second kappa shape index (κ2) is 7.61. The Labute approximate surface area is 152 Å². The van der Waals surface area contributed by atoms with Crippen molar-refractivity contribution in [3.8, 4) is 0 Å². The molecule has 0 fully saturated rings. The standard InChI is InChI=1S/C19H15F2NO3S/c1-2-22(15-6-3-13(20)4-7-15)18(23)11-25-19(24)17-10-12-9-14(21)5-8-16(12)26-17/h3-10H,2,11H2,1H3. The van der Waals surface area contributed by atoms with Crippen LogP contribution in [0.1, 0.15) is 16.6 Å². The van der Waals surface area contributed by atoms with E-state index in [1.807, 2.05) is 0 Å². The summed E-state index contributed by atoms with van der Waals surface area (Å²) in [5.41, 5.74) is 0.521. The van der Waals surface area contributed by atoms with Gasteiger partial charge in [0, 0.05) is 16.9 Å². The number of halogens is 2. The molecule has 0 saturated carbocycles. The Morgan fingerprint density at radius 3 is 2.42 bits per heavy atom. The van der Waals surface area contributed by atoms with Gasteiger partial charge in [-0.25, -0.2) is 13.6 Å². The van der Waals surface area contributed by atoms with Crippen molar-refractivity contribution in [2.24, 2.45) is 0 Å². The third-order valence-electron chi connectivity index (χ3n) is 3.76. The van der Waals surface area contributed by atoms with Gasteiger partial charge in [-0.1, -0.05) is 0 Å². The lowest BCUT2D eigenvalue weighted by Gasteiger charge is -2.20. The minimum absolute atomic E-state index is 0.295. The van der Waals surface area contributed by atoms with Crippen molar-refractivity contribution < 1.29 is 23.1 Å². The van der Waals surface area contributed by atoms with Gasteiger partial charge in [0.1, 0.15) is 16.5 Å². The zero-order chi connectivity index (χ0) is 18.7. The molecular weight excluding hydrogens is 360 g/mol. The molecule has 0 atom stereocenters. The van der Waals surface area contributed by atoms with Crippen molar-refractivity contribution in [3.05, 3.63) is 65.0 Å². The first kappa shape index (κ1) is 18.0. The number of likely N-dealkylation sites (N-methyl/N-ethyl adjacent to an activating group) is 1. The zero-order valence-corrected chi connectivity index (χ0v) is 14.7. The molecule has 2 aromatic carbocycles. The Morgan fingerprint density at radius 2 is 1.73 bits per heavy atom. The summed E-state index contributed by atoms with van der Waals surface area (Å²) in [5, 5.41) is 0.606. The first-order chi connectivity index (χ1) is 12.5. The molecule has 0 spiro atoms. The number of nitrogens with zero attached hydrogens (tertiary/aromatic N) is 1. The van der Waals surface area contributed by atoms with Crippen LogP contribution in [0.3, 0.4) is 0 Å². The molecule has 3 aromatic rings. The Kier molecular flexibility index (Phi) is 5.27. The fourth-order valence-electron chi connectivity index (χ4n) is 2.52. The van der Waals surface area contributed by atoms with E-state index in [9.17, 15) is 18.4 Å². The molecule has 0 radical (unpaired) electrons. The number of carbonyl (C=O) groups excluding carboxylic acids is 2. The predicted molar refractivity (Wildman–Crippen MR) is 96.5 cm³/mol. The number of carbonyl (C=O) groups is 2. The molecule has 3 rings (SSSR count). The van der Waals surface area contributed by atoms with Gasteiger partial charge in [-0.2, -0.15) is 0 Å². The van der Waals surface area contributed by atoms with Crippen LogP contribution in [0.25, 0.3) is 10.1 Å². The SMILES string of the molecule is CCN(C(=O)COC(=O)c1cc2cc(F)ccc2s1)c1ccc(F)cc1. The van der Waals surface area contributed by atoms with E-state index in [1.54, 1.807) is 13.0 Å². The van der Waals surface area contributed by atoms with Crippen molar-refractivity contribution in [3.63, 3.8) is 0 Å². The zero-order valence-electron chi connectivity index (χ0n) is 13.9. The molecule has 26 heavy (non-hydrogen) atoms. The summed E-state index contributed by atoms with van der Waals surface area (Å²) in [6, 6.07) is 11.3. The topological polar surface area (TPSA) is 46.6 Å². The van der Waals surface area contributed by atoms with Crippen LogP contribution < -0.4 is 4.90 Å². The summed E-state index contributed by atoms with van der Waals surface area (Å²) in [4.78, 5) is 26.2. The Morgan fingerprint density at radius 1 is 1.04 bits per heavy atom. The Hall–Kier alpha value is -2.80. The van der Waals surface area contributed by atoms with Crippen LogP contribution in [0.15, 0.2) is 48.5 Å². The van der Waals surface area contributed by atoms with Crippen molar-refractivity contribution in [1.29, 1.82) is 0 Å². The number of hydrogen-bond donors (Lipinski definition) is 0. The lowest BCUT2D eigenvalue weighted by Crippen LogP contribution is -2.34. The largest absolute Gasteiger partial charge is 0.451 e. The molecule has 0 saturated heterocycles. The van der Waals surface area contributed by atoms with Crippen LogP contribution in [0.2, 0.25) is 0 Å². The summed E-state index contributed by atoms with van der Waals surface area (Å²) in [6.45, 7) is 1.68. The number of rotatable bonds is 5. The molecule has 0 aliphatic heterocycles. The molecule has 0 aliphatic carbocycles. The van der Waals surface area contributed by atoms with Gasteiger partial charge in [0.05, 0.1) is 0 Å². The van der Waals surface area contributed by atoms with Gasteiger partial charge in [-0.05, 0) is 60.8 Å². The number of anilines is 1. The highest BCUT2D eigenvalue weighted by molar-refractivity contribution is 7.20. The van der Waals surface area contributed by atoms with Crippen LogP contribution in [0, 0.1) is 11.6 Å². The molecule has 134 valence electrons. The van der Waals surface area contributed by atoms with Gasteiger partial charge < -0.3 is 9.64 Å². The average Bonchev–Trinajstić information content (AvgIpc) is 3.05. The summed E-state index contributed by atoms with van der Waals surface area (Å²) in [5.74, 6) is -1.84. The van der Waals surface area contributed by atoms with Crippen LogP contribution in [-0.2, 0) is 9.53 Å². The van der Waals surface area contributed by atoms with E-state index in [0.29, 0.717) is 22.5 Å². The van der Waals surface area contributed by atoms with E-state index < -0.39 is 24.3 Å². The molecule has 7 heteroatoms. The Bertz CT molecular complexity index is 953. The second-order valence-corrected chi connectivity index (χ2v) is 6.57. The van der Waals surface area contributed by atoms with Gasteiger partial charge in [-0.15, -0.1) is 11.3 Å². The van der Waals surface area contributed by atoms with Crippen molar-refractivity contribution in [2.45, 2.75) is 6.92 Å². The van der Waals surface area contributed by atoms with Crippen LogP contribution >= 0.6 is 11.3 Å². The van der Waals surface area contributed by atoms with E-state index in [1.165, 1.54) is 58.7 Å².